The smallest absolute Gasteiger partial charge is 0.127 e. The normalized spacial score (nSPS) is 11.9. The van der Waals surface area contributed by atoms with Crippen LogP contribution in [0.3, 0.4) is 0 Å². The van der Waals surface area contributed by atoms with Crippen molar-refractivity contribution >= 4 is 45.5 Å². The van der Waals surface area contributed by atoms with Crippen LogP contribution in [-0.4, -0.2) is 18.7 Å². The Kier molecular flexibility index (Phi) is 6.41. The molecule has 96 valence electrons. The van der Waals surface area contributed by atoms with E-state index in [1.807, 2.05) is 0 Å². The van der Waals surface area contributed by atoms with Crippen LogP contribution in [0, 0.1) is 11.5 Å². The van der Waals surface area contributed by atoms with E-state index in [2.05, 4.69) is 93.3 Å². The van der Waals surface area contributed by atoms with Gasteiger partial charge >= 0.3 is 0 Å². The number of hydrogen-bond donors (Lipinski definition) is 0. The summed E-state index contributed by atoms with van der Waals surface area (Å²) in [6, 6.07) is 8.49. The maximum atomic E-state index is 3.52. The lowest BCUT2D eigenvalue weighted by molar-refractivity contribution is 1.54. The first kappa shape index (κ1) is 15.8. The maximum Gasteiger partial charge on any atom is 0.129 e. The molecule has 0 amide bonds. The molecule has 0 spiro atoms. The first-order valence-electron chi connectivity index (χ1n) is 5.91. The Bertz CT molecular complexity index is 470. The van der Waals surface area contributed by atoms with Crippen LogP contribution in [0.25, 0.3) is 5.57 Å². The predicted octanol–water partition coefficient (Wildman–Crippen LogP) is 5.09. The molecular weight excluding hydrogens is 368 g/mol. The molecule has 3 heteroatoms. The van der Waals surface area contributed by atoms with E-state index in [1.54, 1.807) is 0 Å². The molecule has 0 N–H and O–H groups in total. The summed E-state index contributed by atoms with van der Waals surface area (Å²) in [6.45, 7) is 6.78. The average molecular weight is 386 g/mol. The van der Waals surface area contributed by atoms with Crippen LogP contribution < -0.4 is 0 Å². The third-order valence-corrected chi connectivity index (χ3v) is 4.11. The highest BCUT2D eigenvalue weighted by atomic mass is 79.9. The lowest BCUT2D eigenvalue weighted by Crippen LogP contribution is -2.16. The third-order valence-electron chi connectivity index (χ3n) is 2.31. The van der Waals surface area contributed by atoms with Crippen molar-refractivity contribution in [3.63, 3.8) is 0 Å². The Balaban J connectivity index is 2.92. The summed E-state index contributed by atoms with van der Waals surface area (Å²) >= 11 is 6.95. The quantitative estimate of drug-likeness (QED) is 0.386. The molecule has 0 bridgehead atoms. The molecule has 0 saturated carbocycles. The van der Waals surface area contributed by atoms with Gasteiger partial charge in [-0.15, -0.1) is 5.54 Å². The second-order valence-corrected chi connectivity index (χ2v) is 11.1. The standard InChI is InChI=1S/C15H18Br2Si/c1-18(2,3)11-9-13-4-6-14(7-5-13)15(12-17)8-10-16/h4-8H,10,12H2,1-3H3/b15-8+. The molecule has 0 aromatic heterocycles. The van der Waals surface area contributed by atoms with E-state index < -0.39 is 8.07 Å². The second kappa shape index (κ2) is 7.33. The van der Waals surface area contributed by atoms with Crippen LogP contribution in [-0.2, 0) is 0 Å². The van der Waals surface area contributed by atoms with E-state index in [0.717, 1.165) is 16.2 Å². The molecule has 0 atom stereocenters. The van der Waals surface area contributed by atoms with Gasteiger partial charge in [-0.3, -0.25) is 0 Å². The molecule has 0 fully saturated rings. The van der Waals surface area contributed by atoms with Crippen LogP contribution in [0.4, 0.5) is 0 Å². The van der Waals surface area contributed by atoms with Gasteiger partial charge in [-0.05, 0) is 23.3 Å². The fraction of sp³-hybridized carbons (Fsp3) is 0.333. The number of hydrogen-bond acceptors (Lipinski definition) is 0. The van der Waals surface area contributed by atoms with E-state index >= 15 is 0 Å². The largest absolute Gasteiger partial charge is 0.129 e. The molecule has 1 rings (SSSR count). The minimum absolute atomic E-state index is 0.874. The number of rotatable bonds is 3. The van der Waals surface area contributed by atoms with Crippen LogP contribution in [0.1, 0.15) is 11.1 Å². The summed E-state index contributed by atoms with van der Waals surface area (Å²) < 4.78 is 0. The minimum Gasteiger partial charge on any atom is -0.127 e. The second-order valence-electron chi connectivity index (χ2n) is 5.09. The Morgan fingerprint density at radius 3 is 2.22 bits per heavy atom. The monoisotopic (exact) mass is 384 g/mol. The fourth-order valence-corrected chi connectivity index (χ4v) is 2.83. The van der Waals surface area contributed by atoms with Gasteiger partial charge in [0, 0.05) is 16.2 Å². The molecule has 0 unspecified atom stereocenters. The van der Waals surface area contributed by atoms with Crippen molar-refractivity contribution in [1.82, 2.24) is 0 Å². The zero-order valence-corrected chi connectivity index (χ0v) is 15.2. The summed E-state index contributed by atoms with van der Waals surface area (Å²) in [6.07, 6.45) is 2.18. The van der Waals surface area contributed by atoms with Crippen molar-refractivity contribution in [2.24, 2.45) is 0 Å². The van der Waals surface area contributed by atoms with Gasteiger partial charge in [0.1, 0.15) is 8.07 Å². The molecule has 0 aliphatic carbocycles. The highest BCUT2D eigenvalue weighted by Gasteiger charge is 2.07. The lowest BCUT2D eigenvalue weighted by atomic mass is 10.1. The van der Waals surface area contributed by atoms with Crippen molar-refractivity contribution in [1.29, 1.82) is 0 Å². The van der Waals surface area contributed by atoms with Crippen LogP contribution in [0.15, 0.2) is 30.3 Å². The van der Waals surface area contributed by atoms with Crippen molar-refractivity contribution in [2.45, 2.75) is 19.6 Å². The molecule has 0 aliphatic heterocycles. The van der Waals surface area contributed by atoms with E-state index in [0.29, 0.717) is 0 Å². The van der Waals surface area contributed by atoms with Gasteiger partial charge in [0.05, 0.1) is 0 Å². The number of benzene rings is 1. The van der Waals surface area contributed by atoms with E-state index in [1.165, 1.54) is 11.1 Å². The van der Waals surface area contributed by atoms with Gasteiger partial charge in [0.15, 0.2) is 0 Å². The zero-order valence-electron chi connectivity index (χ0n) is 11.1. The van der Waals surface area contributed by atoms with Crippen LogP contribution in [0.5, 0.6) is 0 Å². The van der Waals surface area contributed by atoms with Gasteiger partial charge < -0.3 is 0 Å². The number of allylic oxidation sites excluding steroid dienone is 2. The summed E-state index contributed by atoms with van der Waals surface area (Å²) in [5, 5.41) is 1.75. The Labute approximate surface area is 128 Å². The van der Waals surface area contributed by atoms with Crippen molar-refractivity contribution < 1.29 is 0 Å². The zero-order chi connectivity index (χ0) is 13.6. The molecule has 0 radical (unpaired) electrons. The van der Waals surface area contributed by atoms with Crippen molar-refractivity contribution in [2.75, 3.05) is 10.7 Å². The van der Waals surface area contributed by atoms with Gasteiger partial charge in [0.2, 0.25) is 0 Å². The molecule has 0 saturated heterocycles. The summed E-state index contributed by atoms with van der Waals surface area (Å²) in [7, 11) is -1.28. The van der Waals surface area contributed by atoms with Gasteiger partial charge in [0.25, 0.3) is 0 Å². The average Bonchev–Trinajstić information content (AvgIpc) is 2.33. The predicted molar refractivity (Wildman–Crippen MR) is 92.2 cm³/mol. The summed E-state index contributed by atoms with van der Waals surface area (Å²) in [4.78, 5) is 0. The Hall–Kier alpha value is -0.303. The molecule has 0 nitrogen and oxygen atoms in total. The molecule has 0 heterocycles. The number of halogens is 2. The van der Waals surface area contributed by atoms with Crippen LogP contribution >= 0.6 is 31.9 Å². The third kappa shape index (κ3) is 5.56. The topological polar surface area (TPSA) is 0 Å². The lowest BCUT2D eigenvalue weighted by Gasteiger charge is -2.05. The molecule has 1 aromatic rings. The van der Waals surface area contributed by atoms with E-state index in [9.17, 15) is 0 Å². The highest BCUT2D eigenvalue weighted by molar-refractivity contribution is 9.09. The van der Waals surface area contributed by atoms with Gasteiger partial charge in [-0.1, -0.05) is 75.6 Å². The molecule has 18 heavy (non-hydrogen) atoms. The first-order valence-corrected chi connectivity index (χ1v) is 11.6. The van der Waals surface area contributed by atoms with Gasteiger partial charge in [-0.2, -0.15) is 0 Å². The van der Waals surface area contributed by atoms with Crippen LogP contribution in [0.2, 0.25) is 19.6 Å². The Morgan fingerprint density at radius 1 is 1.17 bits per heavy atom. The maximum absolute atomic E-state index is 3.52. The highest BCUT2D eigenvalue weighted by Crippen LogP contribution is 2.17. The molecular formula is C15H18Br2Si. The van der Waals surface area contributed by atoms with Gasteiger partial charge in [-0.25, -0.2) is 0 Å². The number of alkyl halides is 2. The SMILES string of the molecule is C[Si](C)(C)C#Cc1ccc(/C(=C/CBr)CBr)cc1. The summed E-state index contributed by atoms with van der Waals surface area (Å²) in [5.41, 5.74) is 7.05. The summed E-state index contributed by atoms with van der Waals surface area (Å²) in [5.74, 6) is 3.27. The van der Waals surface area contributed by atoms with Crippen molar-refractivity contribution in [3.05, 3.63) is 41.5 Å². The minimum atomic E-state index is -1.28. The van der Waals surface area contributed by atoms with E-state index in [4.69, 9.17) is 0 Å². The van der Waals surface area contributed by atoms with Crippen molar-refractivity contribution in [3.8, 4) is 11.5 Å². The molecule has 1 aromatic carbocycles. The Morgan fingerprint density at radius 2 is 1.78 bits per heavy atom. The first-order chi connectivity index (χ1) is 8.46. The van der Waals surface area contributed by atoms with E-state index in [-0.39, 0.29) is 0 Å². The molecule has 0 aliphatic rings. The fourth-order valence-electron chi connectivity index (χ4n) is 1.37.